The van der Waals surface area contributed by atoms with Crippen molar-refractivity contribution in [3.8, 4) is 0 Å². The Morgan fingerprint density at radius 2 is 2.03 bits per heavy atom. The van der Waals surface area contributed by atoms with Gasteiger partial charge in [-0.15, -0.1) is 6.58 Å². The van der Waals surface area contributed by atoms with E-state index < -0.39 is 46.9 Å². The third-order valence-corrected chi connectivity index (χ3v) is 8.33. The summed E-state index contributed by atoms with van der Waals surface area (Å²) in [7, 11) is 1.56. The molecule has 0 aromatic carbocycles. The minimum atomic E-state index is -1.37. The molecular weight excluding hydrogens is 472 g/mol. The lowest BCUT2D eigenvalue weighted by Crippen LogP contribution is -2.56. The highest BCUT2D eigenvalue weighted by Gasteiger charge is 2.55. The van der Waals surface area contributed by atoms with Crippen LogP contribution in [0.3, 0.4) is 0 Å². The van der Waals surface area contributed by atoms with Crippen LogP contribution in [0, 0.1) is 35.5 Å². The summed E-state index contributed by atoms with van der Waals surface area (Å²) in [4.78, 5) is 52.7. The number of ether oxygens (including phenoxy) is 1. The second-order valence-corrected chi connectivity index (χ2v) is 10.9. The first-order valence-corrected chi connectivity index (χ1v) is 13.5. The minimum absolute atomic E-state index is 0.0902. The number of hydrogen-bond donors (Lipinski definition) is 3. The van der Waals surface area contributed by atoms with Crippen LogP contribution in [0.5, 0.6) is 0 Å². The monoisotopic (exact) mass is 514 g/mol. The molecule has 37 heavy (non-hydrogen) atoms. The lowest BCUT2D eigenvalue weighted by Gasteiger charge is -2.51. The quantitative estimate of drug-likeness (QED) is 0.159. The number of carbonyl (C=O) groups excluding carboxylic acids is 4. The van der Waals surface area contributed by atoms with Gasteiger partial charge in [-0.05, 0) is 31.1 Å². The Morgan fingerprint density at radius 1 is 1.30 bits per heavy atom. The van der Waals surface area contributed by atoms with Crippen molar-refractivity contribution in [1.82, 2.24) is 10.6 Å². The van der Waals surface area contributed by atoms with Crippen molar-refractivity contribution in [2.24, 2.45) is 35.5 Å². The van der Waals surface area contributed by atoms with Gasteiger partial charge in [0.25, 0.3) is 11.8 Å². The number of hydrogen-bond acceptors (Lipinski definition) is 6. The van der Waals surface area contributed by atoms with E-state index in [0.717, 1.165) is 19.3 Å². The predicted octanol–water partition coefficient (Wildman–Crippen LogP) is 2.87. The molecule has 3 rings (SSSR count). The topological polar surface area (TPSA) is 122 Å². The second kappa shape index (κ2) is 12.3. The standard InChI is InChI=1S/C29H42N2O6/c1-6-8-9-10-19(7-2)22-23(28(35)31-27(22)34)25(32)21-17(3)11-12-29(36)16-20(15-18(4)24(21)29)26(33)30-13-14-37-5/h7,11-12,17-21,24,36H,2,6,8-10,13-16H2,1,3-5H3,(H,30,33)(H,31,34,35). The van der Waals surface area contributed by atoms with E-state index >= 15 is 0 Å². The Morgan fingerprint density at radius 3 is 2.68 bits per heavy atom. The van der Waals surface area contributed by atoms with Crippen molar-refractivity contribution in [3.63, 3.8) is 0 Å². The number of amides is 3. The first-order valence-electron chi connectivity index (χ1n) is 13.5. The fourth-order valence-electron chi connectivity index (χ4n) is 6.56. The first kappa shape index (κ1) is 29.0. The van der Waals surface area contributed by atoms with Gasteiger partial charge in [0.15, 0.2) is 5.78 Å². The average molecular weight is 515 g/mol. The van der Waals surface area contributed by atoms with Gasteiger partial charge in [0.1, 0.15) is 0 Å². The van der Waals surface area contributed by atoms with Crippen LogP contribution in [-0.2, 0) is 23.9 Å². The third kappa shape index (κ3) is 5.96. The molecule has 7 unspecified atom stereocenters. The Labute approximate surface area is 220 Å². The van der Waals surface area contributed by atoms with Gasteiger partial charge in [0.05, 0.1) is 17.8 Å². The molecule has 0 spiro atoms. The lowest BCUT2D eigenvalue weighted by atomic mass is 9.55. The summed E-state index contributed by atoms with van der Waals surface area (Å²) in [6.45, 7) is 10.6. The molecule has 3 N–H and O–H groups in total. The molecule has 3 aliphatic rings. The van der Waals surface area contributed by atoms with Crippen LogP contribution in [0.25, 0.3) is 0 Å². The second-order valence-electron chi connectivity index (χ2n) is 10.9. The first-order chi connectivity index (χ1) is 17.6. The summed E-state index contributed by atoms with van der Waals surface area (Å²) in [6, 6.07) is 0. The maximum absolute atomic E-state index is 14.1. The van der Waals surface area contributed by atoms with Crippen molar-refractivity contribution in [2.75, 3.05) is 20.3 Å². The van der Waals surface area contributed by atoms with E-state index in [4.69, 9.17) is 4.74 Å². The number of fused-ring (bicyclic) bond motifs is 1. The van der Waals surface area contributed by atoms with Crippen molar-refractivity contribution in [1.29, 1.82) is 0 Å². The van der Waals surface area contributed by atoms with Gasteiger partial charge in [-0.3, -0.25) is 24.5 Å². The summed E-state index contributed by atoms with van der Waals surface area (Å²) in [5, 5.41) is 17.0. The van der Waals surface area contributed by atoms with E-state index in [9.17, 15) is 24.3 Å². The predicted molar refractivity (Wildman–Crippen MR) is 140 cm³/mol. The van der Waals surface area contributed by atoms with Crippen LogP contribution < -0.4 is 10.6 Å². The number of Topliss-reactive ketones (excluding diaryl/α,β-unsaturated/α-hetero) is 1. The minimum Gasteiger partial charge on any atom is -0.385 e. The van der Waals surface area contributed by atoms with E-state index in [1.807, 2.05) is 13.8 Å². The Hall–Kier alpha value is -2.58. The highest BCUT2D eigenvalue weighted by molar-refractivity contribution is 6.33. The molecule has 0 radical (unpaired) electrons. The van der Waals surface area contributed by atoms with Crippen molar-refractivity contribution in [3.05, 3.63) is 36.0 Å². The number of carbonyl (C=O) groups is 4. The maximum Gasteiger partial charge on any atom is 0.262 e. The number of allylic oxidation sites excluding steroid dienone is 2. The highest BCUT2D eigenvalue weighted by atomic mass is 16.5. The van der Waals surface area contributed by atoms with Crippen molar-refractivity contribution in [2.45, 2.75) is 64.9 Å². The van der Waals surface area contributed by atoms with E-state index in [1.54, 1.807) is 25.3 Å². The van der Waals surface area contributed by atoms with Gasteiger partial charge in [0.2, 0.25) is 5.91 Å². The van der Waals surface area contributed by atoms with Crippen LogP contribution in [0.4, 0.5) is 0 Å². The number of unbranched alkanes of at least 4 members (excludes halogenated alkanes) is 2. The molecule has 1 aliphatic heterocycles. The Kier molecular flexibility index (Phi) is 9.64. The molecule has 0 aromatic heterocycles. The molecule has 8 nitrogen and oxygen atoms in total. The molecule has 3 amide bonds. The smallest absolute Gasteiger partial charge is 0.262 e. The highest BCUT2D eigenvalue weighted by Crippen LogP contribution is 2.51. The molecule has 1 fully saturated rings. The normalized spacial score (nSPS) is 32.1. The van der Waals surface area contributed by atoms with Gasteiger partial charge in [-0.2, -0.15) is 0 Å². The molecule has 0 aromatic rings. The van der Waals surface area contributed by atoms with Gasteiger partial charge < -0.3 is 15.2 Å². The van der Waals surface area contributed by atoms with Gasteiger partial charge in [-0.25, -0.2) is 0 Å². The molecule has 0 bridgehead atoms. The largest absolute Gasteiger partial charge is 0.385 e. The van der Waals surface area contributed by atoms with Crippen LogP contribution in [0.1, 0.15) is 59.3 Å². The molecule has 1 heterocycles. The van der Waals surface area contributed by atoms with Crippen LogP contribution in [-0.4, -0.2) is 54.5 Å². The maximum atomic E-state index is 14.1. The number of methoxy groups -OCH3 is 1. The number of ketones is 1. The zero-order valence-corrected chi connectivity index (χ0v) is 22.5. The zero-order valence-electron chi connectivity index (χ0n) is 22.5. The van der Waals surface area contributed by atoms with Gasteiger partial charge in [-0.1, -0.05) is 58.3 Å². The van der Waals surface area contributed by atoms with Crippen LogP contribution in [0.15, 0.2) is 36.0 Å². The Bertz CT molecular complexity index is 985. The summed E-state index contributed by atoms with van der Waals surface area (Å²) in [6.07, 6.45) is 9.36. The summed E-state index contributed by atoms with van der Waals surface area (Å²) < 4.78 is 5.00. The van der Waals surface area contributed by atoms with E-state index in [0.29, 0.717) is 26.0 Å². The fraction of sp³-hybridized carbons (Fsp3) is 0.655. The van der Waals surface area contributed by atoms with Crippen molar-refractivity contribution < 1.29 is 29.0 Å². The average Bonchev–Trinajstić information content (AvgIpc) is 3.15. The molecular formula is C29H42N2O6. The molecule has 204 valence electrons. The van der Waals surface area contributed by atoms with Gasteiger partial charge >= 0.3 is 0 Å². The number of aliphatic hydroxyl groups is 1. The zero-order chi connectivity index (χ0) is 27.3. The van der Waals surface area contributed by atoms with Gasteiger partial charge in [0, 0.05) is 42.9 Å². The van der Waals surface area contributed by atoms with Crippen LogP contribution >= 0.6 is 0 Å². The number of imide groups is 1. The molecule has 8 heteroatoms. The molecule has 1 saturated carbocycles. The third-order valence-electron chi connectivity index (χ3n) is 8.33. The van der Waals surface area contributed by atoms with E-state index in [2.05, 4.69) is 24.1 Å². The van der Waals surface area contributed by atoms with Crippen molar-refractivity contribution >= 4 is 23.5 Å². The Balaban J connectivity index is 1.93. The fourth-order valence-corrected chi connectivity index (χ4v) is 6.56. The SMILES string of the molecule is C=CC(CCCCC)C1=C(C(=O)C2C(C)C=CC3(O)CC(C(=O)NCCOC)CC(C)C23)C(=O)NC1=O. The lowest BCUT2D eigenvalue weighted by molar-refractivity contribution is -0.144. The number of rotatable bonds is 12. The summed E-state index contributed by atoms with van der Waals surface area (Å²) in [5.41, 5.74) is -1.26. The van der Waals surface area contributed by atoms with Crippen LogP contribution in [0.2, 0.25) is 0 Å². The summed E-state index contributed by atoms with van der Waals surface area (Å²) >= 11 is 0. The molecule has 2 aliphatic carbocycles. The van der Waals surface area contributed by atoms with E-state index in [1.165, 1.54) is 0 Å². The summed E-state index contributed by atoms with van der Waals surface area (Å²) in [5.74, 6) is -4.13. The molecule has 7 atom stereocenters. The molecule has 0 saturated heterocycles. The van der Waals surface area contributed by atoms with E-state index in [-0.39, 0.29) is 35.3 Å². The number of nitrogens with one attached hydrogen (secondary N) is 2.